The normalized spacial score (nSPS) is 15.1. The van der Waals surface area contributed by atoms with E-state index >= 15 is 0 Å². The van der Waals surface area contributed by atoms with Crippen LogP contribution in [0.5, 0.6) is 5.75 Å². The molecule has 0 aliphatic rings. The van der Waals surface area contributed by atoms with Gasteiger partial charge in [0.25, 0.3) is 0 Å². The molecular formula is C17H27NO3. The van der Waals surface area contributed by atoms with Gasteiger partial charge in [0, 0.05) is 6.42 Å². The summed E-state index contributed by atoms with van der Waals surface area (Å²) in [6.07, 6.45) is 2.65. The standard InChI is InChI=1S/C17H27NO3/c1-6-7-14-8-10-15(11-9-14)21-13(2)12-17(3,18-4)16(19)20-5/h8-11,13,18H,6-7,12H2,1-5H3. The van der Waals surface area contributed by atoms with Crippen LogP contribution in [0.3, 0.4) is 0 Å². The number of hydrogen-bond acceptors (Lipinski definition) is 4. The van der Waals surface area contributed by atoms with Crippen molar-refractivity contribution < 1.29 is 14.3 Å². The average Bonchev–Trinajstić information content (AvgIpc) is 2.48. The quantitative estimate of drug-likeness (QED) is 0.749. The van der Waals surface area contributed by atoms with Crippen molar-refractivity contribution in [1.82, 2.24) is 5.32 Å². The SMILES string of the molecule is CCCc1ccc(OC(C)CC(C)(NC)C(=O)OC)cc1. The van der Waals surface area contributed by atoms with Crippen molar-refractivity contribution in [3.63, 3.8) is 0 Å². The highest BCUT2D eigenvalue weighted by molar-refractivity contribution is 5.80. The number of rotatable bonds is 8. The van der Waals surface area contributed by atoms with Crippen molar-refractivity contribution in [2.75, 3.05) is 14.2 Å². The van der Waals surface area contributed by atoms with E-state index < -0.39 is 5.54 Å². The third-order valence-electron chi connectivity index (χ3n) is 3.68. The zero-order chi connectivity index (χ0) is 15.9. The van der Waals surface area contributed by atoms with Crippen LogP contribution in [-0.2, 0) is 16.0 Å². The fraction of sp³-hybridized carbons (Fsp3) is 0.588. The van der Waals surface area contributed by atoms with Gasteiger partial charge in [-0.3, -0.25) is 4.79 Å². The van der Waals surface area contributed by atoms with Crippen molar-refractivity contribution in [2.24, 2.45) is 0 Å². The predicted molar refractivity (Wildman–Crippen MR) is 84.6 cm³/mol. The predicted octanol–water partition coefficient (Wildman–Crippen LogP) is 2.95. The van der Waals surface area contributed by atoms with Crippen LogP contribution in [0, 0.1) is 0 Å². The zero-order valence-corrected chi connectivity index (χ0v) is 13.7. The van der Waals surface area contributed by atoms with Crippen LogP contribution in [0.2, 0.25) is 0 Å². The van der Waals surface area contributed by atoms with E-state index in [0.29, 0.717) is 6.42 Å². The highest BCUT2D eigenvalue weighted by atomic mass is 16.5. The Bertz CT molecular complexity index is 444. The molecule has 0 radical (unpaired) electrons. The number of likely N-dealkylation sites (N-methyl/N-ethyl adjacent to an activating group) is 1. The first kappa shape index (κ1) is 17.5. The van der Waals surface area contributed by atoms with Crippen molar-refractivity contribution in [1.29, 1.82) is 0 Å². The van der Waals surface area contributed by atoms with Crippen LogP contribution >= 0.6 is 0 Å². The molecule has 0 bridgehead atoms. The van der Waals surface area contributed by atoms with Gasteiger partial charge in [0.2, 0.25) is 0 Å². The fourth-order valence-electron chi connectivity index (χ4n) is 2.38. The van der Waals surface area contributed by atoms with Crippen LogP contribution in [0.4, 0.5) is 0 Å². The van der Waals surface area contributed by atoms with Gasteiger partial charge in [0.05, 0.1) is 13.2 Å². The van der Waals surface area contributed by atoms with Gasteiger partial charge in [0.15, 0.2) is 0 Å². The monoisotopic (exact) mass is 293 g/mol. The largest absolute Gasteiger partial charge is 0.491 e. The number of carbonyl (C=O) groups excluding carboxylic acids is 1. The van der Waals surface area contributed by atoms with E-state index in [1.165, 1.54) is 12.7 Å². The van der Waals surface area contributed by atoms with Gasteiger partial charge in [-0.1, -0.05) is 25.5 Å². The third-order valence-corrected chi connectivity index (χ3v) is 3.68. The lowest BCUT2D eigenvalue weighted by molar-refractivity contribution is -0.148. The molecule has 1 aromatic rings. The van der Waals surface area contributed by atoms with Crippen molar-refractivity contribution in [2.45, 2.75) is 51.7 Å². The molecule has 0 aromatic heterocycles. The second-order valence-corrected chi connectivity index (χ2v) is 5.60. The Balaban J connectivity index is 2.63. The van der Waals surface area contributed by atoms with Gasteiger partial charge in [-0.2, -0.15) is 0 Å². The lowest BCUT2D eigenvalue weighted by Gasteiger charge is -2.29. The van der Waals surface area contributed by atoms with Crippen LogP contribution in [0.25, 0.3) is 0 Å². The Hall–Kier alpha value is -1.55. The summed E-state index contributed by atoms with van der Waals surface area (Å²) in [5.41, 5.74) is 0.572. The molecule has 1 rings (SSSR count). The van der Waals surface area contributed by atoms with Gasteiger partial charge >= 0.3 is 5.97 Å². The highest BCUT2D eigenvalue weighted by Gasteiger charge is 2.34. The van der Waals surface area contributed by atoms with Crippen molar-refractivity contribution in [3.05, 3.63) is 29.8 Å². The Labute approximate surface area is 127 Å². The molecule has 0 amide bonds. The summed E-state index contributed by atoms with van der Waals surface area (Å²) >= 11 is 0. The summed E-state index contributed by atoms with van der Waals surface area (Å²) < 4.78 is 10.7. The first-order chi connectivity index (χ1) is 9.95. The molecule has 0 fully saturated rings. The van der Waals surface area contributed by atoms with E-state index in [0.717, 1.165) is 18.6 Å². The minimum absolute atomic E-state index is 0.0985. The molecule has 0 aliphatic carbocycles. The molecule has 0 saturated carbocycles. The smallest absolute Gasteiger partial charge is 0.325 e. The minimum Gasteiger partial charge on any atom is -0.491 e. The first-order valence-corrected chi connectivity index (χ1v) is 7.48. The Morgan fingerprint density at radius 1 is 1.33 bits per heavy atom. The molecule has 0 aliphatic heterocycles. The molecule has 4 heteroatoms. The summed E-state index contributed by atoms with van der Waals surface area (Å²) in [5, 5.41) is 3.02. The third kappa shape index (κ3) is 5.05. The number of ether oxygens (including phenoxy) is 2. The summed E-state index contributed by atoms with van der Waals surface area (Å²) in [5.74, 6) is 0.546. The second-order valence-electron chi connectivity index (χ2n) is 5.60. The molecule has 1 aromatic carbocycles. The Morgan fingerprint density at radius 3 is 2.43 bits per heavy atom. The zero-order valence-electron chi connectivity index (χ0n) is 13.7. The number of carbonyl (C=O) groups is 1. The molecule has 0 heterocycles. The molecular weight excluding hydrogens is 266 g/mol. The molecule has 2 unspecified atom stereocenters. The van der Waals surface area contributed by atoms with Gasteiger partial charge in [-0.15, -0.1) is 0 Å². The summed E-state index contributed by atoms with van der Waals surface area (Å²) in [7, 11) is 3.15. The minimum atomic E-state index is -0.740. The number of nitrogens with one attached hydrogen (secondary N) is 1. The van der Waals surface area contributed by atoms with E-state index in [1.807, 2.05) is 26.0 Å². The molecule has 0 saturated heterocycles. The molecule has 4 nitrogen and oxygen atoms in total. The van der Waals surface area contributed by atoms with Gasteiger partial charge in [-0.25, -0.2) is 0 Å². The Kier molecular flexibility index (Phi) is 6.69. The lowest BCUT2D eigenvalue weighted by atomic mass is 9.95. The number of esters is 1. The first-order valence-electron chi connectivity index (χ1n) is 7.48. The van der Waals surface area contributed by atoms with E-state index in [9.17, 15) is 4.79 Å². The van der Waals surface area contributed by atoms with Gasteiger partial charge in [0.1, 0.15) is 11.3 Å². The molecule has 0 spiro atoms. The average molecular weight is 293 g/mol. The maximum Gasteiger partial charge on any atom is 0.325 e. The summed E-state index contributed by atoms with van der Waals surface area (Å²) in [6, 6.07) is 8.14. The van der Waals surface area contributed by atoms with Gasteiger partial charge in [-0.05, 0) is 45.0 Å². The number of aryl methyl sites for hydroxylation is 1. The molecule has 21 heavy (non-hydrogen) atoms. The van der Waals surface area contributed by atoms with Crippen molar-refractivity contribution >= 4 is 5.97 Å². The Morgan fingerprint density at radius 2 is 1.95 bits per heavy atom. The van der Waals surface area contributed by atoms with E-state index in [4.69, 9.17) is 9.47 Å². The topological polar surface area (TPSA) is 47.6 Å². The van der Waals surface area contributed by atoms with E-state index in [-0.39, 0.29) is 12.1 Å². The molecule has 1 N–H and O–H groups in total. The fourth-order valence-corrected chi connectivity index (χ4v) is 2.38. The maximum atomic E-state index is 11.8. The molecule has 118 valence electrons. The number of benzene rings is 1. The maximum absolute atomic E-state index is 11.8. The van der Waals surface area contributed by atoms with Crippen LogP contribution in [0.1, 0.15) is 39.2 Å². The number of hydrogen-bond donors (Lipinski definition) is 1. The summed E-state index contributed by atoms with van der Waals surface area (Å²) in [6.45, 7) is 5.94. The highest BCUT2D eigenvalue weighted by Crippen LogP contribution is 2.20. The van der Waals surface area contributed by atoms with Crippen LogP contribution in [0.15, 0.2) is 24.3 Å². The van der Waals surface area contributed by atoms with E-state index in [2.05, 4.69) is 24.4 Å². The van der Waals surface area contributed by atoms with Crippen LogP contribution < -0.4 is 10.1 Å². The van der Waals surface area contributed by atoms with E-state index in [1.54, 1.807) is 7.05 Å². The summed E-state index contributed by atoms with van der Waals surface area (Å²) in [4.78, 5) is 11.8. The van der Waals surface area contributed by atoms with Gasteiger partial charge < -0.3 is 14.8 Å². The molecule has 2 atom stereocenters. The lowest BCUT2D eigenvalue weighted by Crippen LogP contribution is -2.50. The van der Waals surface area contributed by atoms with Crippen molar-refractivity contribution in [3.8, 4) is 5.75 Å². The second kappa shape index (κ2) is 8.03. The number of methoxy groups -OCH3 is 1. The van der Waals surface area contributed by atoms with Crippen LogP contribution in [-0.4, -0.2) is 31.8 Å².